The van der Waals surface area contributed by atoms with Crippen LogP contribution in [0.15, 0.2) is 91.1 Å². The number of hydrogen-bond acceptors (Lipinski definition) is 5. The summed E-state index contributed by atoms with van der Waals surface area (Å²) in [5, 5.41) is 6.22. The van der Waals surface area contributed by atoms with Crippen LogP contribution in [-0.2, 0) is 6.54 Å². The third-order valence-electron chi connectivity index (χ3n) is 5.78. The number of fused-ring (bicyclic) bond motifs is 1. The van der Waals surface area contributed by atoms with Gasteiger partial charge in [-0.05, 0) is 61.5 Å². The predicted octanol–water partition coefficient (Wildman–Crippen LogP) is 5.18. The van der Waals surface area contributed by atoms with E-state index in [0.717, 1.165) is 21.8 Å². The van der Waals surface area contributed by atoms with E-state index in [9.17, 15) is 14.4 Å². The van der Waals surface area contributed by atoms with Crippen molar-refractivity contribution in [2.75, 3.05) is 10.6 Å². The van der Waals surface area contributed by atoms with Gasteiger partial charge in [-0.15, -0.1) is 0 Å². The minimum atomic E-state index is -0.438. The van der Waals surface area contributed by atoms with Gasteiger partial charge in [0.15, 0.2) is 0 Å². The molecule has 0 radical (unpaired) electrons. The third kappa shape index (κ3) is 4.52. The van der Waals surface area contributed by atoms with Gasteiger partial charge in [0.25, 0.3) is 17.7 Å². The van der Waals surface area contributed by atoms with Crippen LogP contribution in [0.4, 0.5) is 17.1 Å². The van der Waals surface area contributed by atoms with E-state index >= 15 is 0 Å². The van der Waals surface area contributed by atoms with Crippen LogP contribution >= 0.6 is 0 Å². The van der Waals surface area contributed by atoms with Crippen molar-refractivity contribution in [2.45, 2.75) is 13.5 Å². The van der Waals surface area contributed by atoms with E-state index in [1.165, 1.54) is 12.1 Å². The van der Waals surface area contributed by atoms with Gasteiger partial charge in [0.2, 0.25) is 0 Å². The standard InChI is InChI=1S/C28H22N4O3/c1-18-9-12-20(13-10-18)30-24-7-2-3-8-25(24)31-26(33)19-11-14-22-23(16-19)28(35)32(27(22)34)17-21-6-4-5-15-29-21/h2-16,30H,17H2,1H3,(H,31,33). The Morgan fingerprint density at radius 1 is 0.829 bits per heavy atom. The van der Waals surface area contributed by atoms with Crippen LogP contribution in [0, 0.1) is 6.92 Å². The highest BCUT2D eigenvalue weighted by Crippen LogP contribution is 2.28. The van der Waals surface area contributed by atoms with Crippen molar-refractivity contribution in [3.05, 3.63) is 119 Å². The monoisotopic (exact) mass is 462 g/mol. The summed E-state index contributed by atoms with van der Waals surface area (Å²) < 4.78 is 0. The van der Waals surface area contributed by atoms with Crippen molar-refractivity contribution in [1.82, 2.24) is 9.88 Å². The average molecular weight is 463 g/mol. The zero-order chi connectivity index (χ0) is 24.4. The van der Waals surface area contributed by atoms with Crippen LogP contribution < -0.4 is 10.6 Å². The number of carbonyl (C=O) groups is 3. The van der Waals surface area contributed by atoms with Crippen molar-refractivity contribution in [3.8, 4) is 0 Å². The molecule has 0 unspecified atom stereocenters. The molecule has 35 heavy (non-hydrogen) atoms. The number of imide groups is 1. The fourth-order valence-corrected chi connectivity index (χ4v) is 3.92. The van der Waals surface area contributed by atoms with Gasteiger partial charge in [0.1, 0.15) is 0 Å². The maximum absolute atomic E-state index is 13.1. The van der Waals surface area contributed by atoms with Crippen molar-refractivity contribution in [2.24, 2.45) is 0 Å². The Kier molecular flexibility index (Phi) is 5.81. The van der Waals surface area contributed by atoms with Crippen LogP contribution in [0.25, 0.3) is 0 Å². The molecule has 7 nitrogen and oxygen atoms in total. The molecule has 0 saturated heterocycles. The Bertz CT molecular complexity index is 1430. The molecule has 0 atom stereocenters. The first-order valence-corrected chi connectivity index (χ1v) is 11.1. The van der Waals surface area contributed by atoms with Crippen molar-refractivity contribution < 1.29 is 14.4 Å². The summed E-state index contributed by atoms with van der Waals surface area (Å²) in [4.78, 5) is 44.2. The maximum Gasteiger partial charge on any atom is 0.261 e. The van der Waals surface area contributed by atoms with E-state index in [2.05, 4.69) is 15.6 Å². The molecule has 0 fully saturated rings. The van der Waals surface area contributed by atoms with E-state index < -0.39 is 11.8 Å². The molecule has 3 aromatic carbocycles. The summed E-state index contributed by atoms with van der Waals surface area (Å²) >= 11 is 0. The summed E-state index contributed by atoms with van der Waals surface area (Å²) in [6.45, 7) is 2.09. The number of nitrogens with one attached hydrogen (secondary N) is 2. The molecule has 2 heterocycles. The van der Waals surface area contributed by atoms with Crippen molar-refractivity contribution in [3.63, 3.8) is 0 Å². The first-order chi connectivity index (χ1) is 17.0. The van der Waals surface area contributed by atoms with E-state index in [-0.39, 0.29) is 29.1 Å². The highest BCUT2D eigenvalue weighted by atomic mass is 16.2. The number of rotatable bonds is 6. The predicted molar refractivity (Wildman–Crippen MR) is 134 cm³/mol. The zero-order valence-corrected chi connectivity index (χ0v) is 19.0. The van der Waals surface area contributed by atoms with E-state index in [1.54, 1.807) is 36.5 Å². The molecule has 5 rings (SSSR count). The van der Waals surface area contributed by atoms with E-state index in [0.29, 0.717) is 11.4 Å². The molecule has 1 aromatic heterocycles. The Hall–Kier alpha value is -4.78. The maximum atomic E-state index is 13.1. The van der Waals surface area contributed by atoms with Crippen LogP contribution in [-0.4, -0.2) is 27.6 Å². The molecule has 172 valence electrons. The number of pyridine rings is 1. The number of amides is 3. The molecule has 0 spiro atoms. The largest absolute Gasteiger partial charge is 0.354 e. The third-order valence-corrected chi connectivity index (χ3v) is 5.78. The lowest BCUT2D eigenvalue weighted by Gasteiger charge is -2.13. The van der Waals surface area contributed by atoms with Crippen molar-refractivity contribution >= 4 is 34.8 Å². The van der Waals surface area contributed by atoms with Crippen LogP contribution in [0.1, 0.15) is 42.3 Å². The first kappa shape index (κ1) is 22.0. The molecule has 3 amide bonds. The first-order valence-electron chi connectivity index (χ1n) is 11.1. The highest BCUT2D eigenvalue weighted by Gasteiger charge is 2.36. The smallest absolute Gasteiger partial charge is 0.261 e. The lowest BCUT2D eigenvalue weighted by Crippen LogP contribution is -2.29. The number of anilines is 3. The summed E-state index contributed by atoms with van der Waals surface area (Å²) in [6, 6.07) is 25.2. The highest BCUT2D eigenvalue weighted by molar-refractivity contribution is 6.22. The second-order valence-corrected chi connectivity index (χ2v) is 8.27. The van der Waals surface area contributed by atoms with Gasteiger partial charge in [0, 0.05) is 17.4 Å². The fourth-order valence-electron chi connectivity index (χ4n) is 3.92. The normalized spacial score (nSPS) is 12.4. The van der Waals surface area contributed by atoms with Crippen LogP contribution in [0.5, 0.6) is 0 Å². The number of para-hydroxylation sites is 2. The van der Waals surface area contributed by atoms with Crippen LogP contribution in [0.2, 0.25) is 0 Å². The van der Waals surface area contributed by atoms with Gasteiger partial charge in [-0.25, -0.2) is 0 Å². The Labute approximate surface area is 202 Å². The van der Waals surface area contributed by atoms with Gasteiger partial charge in [0.05, 0.1) is 34.7 Å². The molecule has 1 aliphatic heterocycles. The molecular formula is C28H22N4O3. The second-order valence-electron chi connectivity index (χ2n) is 8.27. The molecule has 7 heteroatoms. The lowest BCUT2D eigenvalue weighted by molar-refractivity contribution is 0.0640. The summed E-state index contributed by atoms with van der Waals surface area (Å²) in [7, 11) is 0. The van der Waals surface area contributed by atoms with Gasteiger partial charge in [-0.2, -0.15) is 0 Å². The number of carbonyl (C=O) groups excluding carboxylic acids is 3. The molecule has 0 saturated carbocycles. The summed E-state index contributed by atoms with van der Waals surface area (Å²) in [5.41, 5.74) is 4.77. The van der Waals surface area contributed by atoms with E-state index in [4.69, 9.17) is 0 Å². The minimum absolute atomic E-state index is 0.0762. The zero-order valence-electron chi connectivity index (χ0n) is 19.0. The van der Waals surface area contributed by atoms with Gasteiger partial charge >= 0.3 is 0 Å². The molecule has 4 aromatic rings. The quantitative estimate of drug-likeness (QED) is 0.385. The Morgan fingerprint density at radius 2 is 1.54 bits per heavy atom. The number of benzene rings is 3. The fraction of sp³-hybridized carbons (Fsp3) is 0.0714. The van der Waals surface area contributed by atoms with Crippen LogP contribution in [0.3, 0.4) is 0 Å². The number of aryl methyl sites for hydroxylation is 1. The van der Waals surface area contributed by atoms with Gasteiger partial charge < -0.3 is 10.6 Å². The lowest BCUT2D eigenvalue weighted by atomic mass is 10.1. The molecular weight excluding hydrogens is 440 g/mol. The molecule has 1 aliphatic rings. The van der Waals surface area contributed by atoms with Gasteiger partial charge in [-0.3, -0.25) is 24.3 Å². The number of nitrogens with zero attached hydrogens (tertiary/aromatic N) is 2. The summed E-state index contributed by atoms with van der Waals surface area (Å²) in [6.07, 6.45) is 1.61. The Balaban J connectivity index is 1.35. The topological polar surface area (TPSA) is 91.4 Å². The SMILES string of the molecule is Cc1ccc(Nc2ccccc2NC(=O)c2ccc3c(c2)C(=O)N(Cc2ccccn2)C3=O)cc1. The van der Waals surface area contributed by atoms with Gasteiger partial charge in [-0.1, -0.05) is 35.9 Å². The molecule has 2 N–H and O–H groups in total. The number of hydrogen-bond donors (Lipinski definition) is 2. The number of aromatic nitrogens is 1. The van der Waals surface area contributed by atoms with E-state index in [1.807, 2.05) is 49.4 Å². The molecule has 0 bridgehead atoms. The summed E-state index contributed by atoms with van der Waals surface area (Å²) in [5.74, 6) is -1.21. The average Bonchev–Trinajstić information content (AvgIpc) is 3.11. The van der Waals surface area contributed by atoms with Crippen molar-refractivity contribution in [1.29, 1.82) is 0 Å². The minimum Gasteiger partial charge on any atom is -0.354 e. The Morgan fingerprint density at radius 3 is 2.29 bits per heavy atom. The molecule has 0 aliphatic carbocycles. The second kappa shape index (κ2) is 9.23.